The first kappa shape index (κ1) is 14.7. The second-order valence-corrected chi connectivity index (χ2v) is 4.68. The van der Waals surface area contributed by atoms with E-state index in [1.165, 1.54) is 5.57 Å². The maximum atomic E-state index is 5.69. The summed E-state index contributed by atoms with van der Waals surface area (Å²) >= 11 is 0. The van der Waals surface area contributed by atoms with E-state index in [0.29, 0.717) is 6.61 Å². The molecule has 110 valence electrons. The van der Waals surface area contributed by atoms with Gasteiger partial charge >= 0.3 is 0 Å². The Morgan fingerprint density at radius 3 is 3.00 bits per heavy atom. The molecule has 20 heavy (non-hydrogen) atoms. The molecule has 1 aliphatic rings. The number of allylic oxidation sites excluding steroid dienone is 1. The van der Waals surface area contributed by atoms with Gasteiger partial charge in [-0.05, 0) is 44.9 Å². The Bertz CT molecular complexity index is 454. The van der Waals surface area contributed by atoms with Crippen LogP contribution in [0.2, 0.25) is 0 Å². The van der Waals surface area contributed by atoms with Crippen molar-refractivity contribution in [3.05, 3.63) is 29.8 Å². The fourth-order valence-electron chi connectivity index (χ4n) is 1.95. The van der Waals surface area contributed by atoms with Crippen LogP contribution in [0.5, 0.6) is 17.2 Å². The van der Waals surface area contributed by atoms with Crippen LogP contribution in [0.1, 0.15) is 26.7 Å². The lowest BCUT2D eigenvalue weighted by Crippen LogP contribution is -1.97. The van der Waals surface area contributed by atoms with Crippen molar-refractivity contribution in [1.82, 2.24) is 0 Å². The highest BCUT2D eigenvalue weighted by atomic mass is 16.7. The second kappa shape index (κ2) is 7.80. The molecule has 4 heteroatoms. The fourth-order valence-corrected chi connectivity index (χ4v) is 1.95. The summed E-state index contributed by atoms with van der Waals surface area (Å²) in [6, 6.07) is 5.63. The lowest BCUT2D eigenvalue weighted by atomic mass is 10.1. The first-order chi connectivity index (χ1) is 9.79. The SMILES string of the molecule is CCOCCC/C(C)=C/COc1ccc2c(c1)OCO2. The van der Waals surface area contributed by atoms with Crippen LogP contribution in [0.15, 0.2) is 29.8 Å². The van der Waals surface area contributed by atoms with Crippen molar-refractivity contribution in [1.29, 1.82) is 0 Å². The molecule has 0 saturated heterocycles. The van der Waals surface area contributed by atoms with Crippen LogP contribution in [-0.4, -0.2) is 26.6 Å². The molecule has 0 atom stereocenters. The average Bonchev–Trinajstić information content (AvgIpc) is 2.91. The van der Waals surface area contributed by atoms with Crippen molar-refractivity contribution in [2.45, 2.75) is 26.7 Å². The van der Waals surface area contributed by atoms with Gasteiger partial charge in [0.25, 0.3) is 0 Å². The maximum absolute atomic E-state index is 5.69. The molecule has 0 aromatic heterocycles. The standard InChI is InChI=1S/C16H22O4/c1-3-17-9-4-5-13(2)8-10-18-14-6-7-15-16(11-14)20-12-19-15/h6-8,11H,3-5,9-10,12H2,1-2H3/b13-8+. The third-order valence-corrected chi connectivity index (χ3v) is 3.09. The highest BCUT2D eigenvalue weighted by Gasteiger charge is 2.13. The van der Waals surface area contributed by atoms with Gasteiger partial charge in [0, 0.05) is 19.3 Å². The summed E-state index contributed by atoms with van der Waals surface area (Å²) in [4.78, 5) is 0. The number of rotatable bonds is 8. The molecular formula is C16H22O4. The van der Waals surface area contributed by atoms with Gasteiger partial charge in [0.2, 0.25) is 6.79 Å². The van der Waals surface area contributed by atoms with Gasteiger partial charge in [0.1, 0.15) is 12.4 Å². The van der Waals surface area contributed by atoms with Gasteiger partial charge in [-0.3, -0.25) is 0 Å². The molecule has 0 saturated carbocycles. The van der Waals surface area contributed by atoms with Gasteiger partial charge in [-0.2, -0.15) is 0 Å². The van der Waals surface area contributed by atoms with Crippen molar-refractivity contribution in [3.8, 4) is 17.2 Å². The van der Waals surface area contributed by atoms with Crippen molar-refractivity contribution >= 4 is 0 Å². The topological polar surface area (TPSA) is 36.9 Å². The first-order valence-electron chi connectivity index (χ1n) is 7.05. The molecule has 0 spiro atoms. The van der Waals surface area contributed by atoms with Crippen molar-refractivity contribution in [3.63, 3.8) is 0 Å². The minimum Gasteiger partial charge on any atom is -0.489 e. The molecule has 0 amide bonds. The predicted octanol–water partition coefficient (Wildman–Crippen LogP) is 3.56. The van der Waals surface area contributed by atoms with E-state index in [4.69, 9.17) is 18.9 Å². The van der Waals surface area contributed by atoms with Gasteiger partial charge in [-0.25, -0.2) is 0 Å². The van der Waals surface area contributed by atoms with E-state index in [0.717, 1.165) is 43.3 Å². The van der Waals surface area contributed by atoms with Crippen LogP contribution < -0.4 is 14.2 Å². The predicted molar refractivity (Wildman–Crippen MR) is 77.5 cm³/mol. The van der Waals surface area contributed by atoms with Crippen LogP contribution in [0.3, 0.4) is 0 Å². The van der Waals surface area contributed by atoms with E-state index in [2.05, 4.69) is 13.0 Å². The van der Waals surface area contributed by atoms with Gasteiger partial charge in [-0.15, -0.1) is 0 Å². The third kappa shape index (κ3) is 4.46. The van der Waals surface area contributed by atoms with Gasteiger partial charge in [0.05, 0.1) is 0 Å². The minimum absolute atomic E-state index is 0.289. The first-order valence-corrected chi connectivity index (χ1v) is 7.05. The fraction of sp³-hybridized carbons (Fsp3) is 0.500. The molecular weight excluding hydrogens is 256 g/mol. The van der Waals surface area contributed by atoms with Crippen LogP contribution in [0.4, 0.5) is 0 Å². The number of hydrogen-bond acceptors (Lipinski definition) is 4. The Kier molecular flexibility index (Phi) is 5.74. The molecule has 2 rings (SSSR count). The molecule has 0 radical (unpaired) electrons. The molecule has 4 nitrogen and oxygen atoms in total. The van der Waals surface area contributed by atoms with E-state index < -0.39 is 0 Å². The number of fused-ring (bicyclic) bond motifs is 1. The third-order valence-electron chi connectivity index (χ3n) is 3.09. The monoisotopic (exact) mass is 278 g/mol. The molecule has 0 unspecified atom stereocenters. The van der Waals surface area contributed by atoms with E-state index in [1.807, 2.05) is 25.1 Å². The maximum Gasteiger partial charge on any atom is 0.231 e. The zero-order chi connectivity index (χ0) is 14.2. The summed E-state index contributed by atoms with van der Waals surface area (Å²) in [7, 11) is 0. The summed E-state index contributed by atoms with van der Waals surface area (Å²) < 4.78 is 21.6. The average molecular weight is 278 g/mol. The lowest BCUT2D eigenvalue weighted by Gasteiger charge is -2.06. The van der Waals surface area contributed by atoms with Gasteiger partial charge in [-0.1, -0.05) is 5.57 Å². The molecule has 1 aromatic carbocycles. The number of ether oxygens (including phenoxy) is 4. The molecule has 0 bridgehead atoms. The van der Waals surface area contributed by atoms with Crippen LogP contribution >= 0.6 is 0 Å². The normalized spacial score (nSPS) is 13.6. The van der Waals surface area contributed by atoms with E-state index in [-0.39, 0.29) is 6.79 Å². The number of hydrogen-bond donors (Lipinski definition) is 0. The van der Waals surface area contributed by atoms with Crippen molar-refractivity contribution < 1.29 is 18.9 Å². The quantitative estimate of drug-likeness (QED) is 0.538. The Labute approximate surface area is 120 Å². The van der Waals surface area contributed by atoms with Crippen molar-refractivity contribution in [2.24, 2.45) is 0 Å². The van der Waals surface area contributed by atoms with E-state index in [1.54, 1.807) is 0 Å². The number of benzene rings is 1. The molecule has 0 fully saturated rings. The summed E-state index contributed by atoms with van der Waals surface area (Å²) in [6.07, 6.45) is 4.21. The molecule has 1 heterocycles. The minimum atomic E-state index is 0.289. The Morgan fingerprint density at radius 2 is 2.15 bits per heavy atom. The van der Waals surface area contributed by atoms with E-state index >= 15 is 0 Å². The largest absolute Gasteiger partial charge is 0.489 e. The zero-order valence-corrected chi connectivity index (χ0v) is 12.2. The molecule has 1 aliphatic heterocycles. The Morgan fingerprint density at radius 1 is 1.30 bits per heavy atom. The summed E-state index contributed by atoms with van der Waals surface area (Å²) in [5.74, 6) is 2.33. The summed E-state index contributed by atoms with van der Waals surface area (Å²) in [6.45, 7) is 6.61. The summed E-state index contributed by atoms with van der Waals surface area (Å²) in [5.41, 5.74) is 1.32. The smallest absolute Gasteiger partial charge is 0.231 e. The highest BCUT2D eigenvalue weighted by molar-refractivity contribution is 5.46. The van der Waals surface area contributed by atoms with Gasteiger partial charge < -0.3 is 18.9 Å². The molecule has 0 aliphatic carbocycles. The van der Waals surface area contributed by atoms with E-state index in [9.17, 15) is 0 Å². The molecule has 1 aromatic rings. The highest BCUT2D eigenvalue weighted by Crippen LogP contribution is 2.35. The second-order valence-electron chi connectivity index (χ2n) is 4.68. The molecule has 0 N–H and O–H groups in total. The van der Waals surface area contributed by atoms with Crippen LogP contribution in [0.25, 0.3) is 0 Å². The zero-order valence-electron chi connectivity index (χ0n) is 12.2. The summed E-state index contributed by atoms with van der Waals surface area (Å²) in [5, 5.41) is 0. The van der Waals surface area contributed by atoms with Gasteiger partial charge in [0.15, 0.2) is 11.5 Å². The van der Waals surface area contributed by atoms with Crippen LogP contribution in [0, 0.1) is 0 Å². The Hall–Kier alpha value is -1.68. The Balaban J connectivity index is 1.72. The lowest BCUT2D eigenvalue weighted by molar-refractivity contribution is 0.145. The van der Waals surface area contributed by atoms with Crippen molar-refractivity contribution in [2.75, 3.05) is 26.6 Å². The van der Waals surface area contributed by atoms with Crippen LogP contribution in [-0.2, 0) is 4.74 Å².